The van der Waals surface area contributed by atoms with Crippen LogP contribution in [0.1, 0.15) is 18.1 Å². The number of alkyl halides is 3. The highest BCUT2D eigenvalue weighted by molar-refractivity contribution is 6.33. The van der Waals surface area contributed by atoms with Gasteiger partial charge in [0.05, 0.1) is 16.3 Å². The number of urea groups is 1. The van der Waals surface area contributed by atoms with Gasteiger partial charge in [-0.25, -0.2) is 4.79 Å². The number of anilines is 2. The number of carbonyl (C=O) groups excluding carboxylic acids is 1. The van der Waals surface area contributed by atoms with Gasteiger partial charge >= 0.3 is 12.2 Å². The summed E-state index contributed by atoms with van der Waals surface area (Å²) in [5.74, 6) is 0. The number of nitrogens with zero attached hydrogens (tertiary/aromatic N) is 2. The summed E-state index contributed by atoms with van der Waals surface area (Å²) in [4.78, 5) is 16.4. The standard InChI is InChI=1S/C20H21ClF3N3O/c1-13-3-6-16(7-4-13)27-10-9-26(12-14(27)2)19(28)25-18-11-15(20(22,23)24)5-8-17(18)21/h3-8,11,14H,9-10,12H2,1-2H3,(H,25,28). The molecule has 0 radical (unpaired) electrons. The fraction of sp³-hybridized carbons (Fsp3) is 0.350. The van der Waals surface area contributed by atoms with Crippen LogP contribution in [0.25, 0.3) is 0 Å². The lowest BCUT2D eigenvalue weighted by Gasteiger charge is -2.41. The van der Waals surface area contributed by atoms with Crippen LogP contribution in [-0.4, -0.2) is 36.6 Å². The van der Waals surface area contributed by atoms with Gasteiger partial charge in [-0.15, -0.1) is 0 Å². The van der Waals surface area contributed by atoms with Gasteiger partial charge in [-0.3, -0.25) is 0 Å². The van der Waals surface area contributed by atoms with Crippen LogP contribution in [0.5, 0.6) is 0 Å². The van der Waals surface area contributed by atoms with Crippen molar-refractivity contribution in [3.63, 3.8) is 0 Å². The molecule has 0 saturated carbocycles. The first-order chi connectivity index (χ1) is 13.1. The lowest BCUT2D eigenvalue weighted by molar-refractivity contribution is -0.137. The van der Waals surface area contributed by atoms with Crippen molar-refractivity contribution < 1.29 is 18.0 Å². The predicted molar refractivity (Wildman–Crippen MR) is 105 cm³/mol. The molecule has 1 heterocycles. The van der Waals surface area contributed by atoms with Crippen molar-refractivity contribution in [3.8, 4) is 0 Å². The minimum absolute atomic E-state index is 0.0462. The average molecular weight is 412 g/mol. The number of halogens is 4. The van der Waals surface area contributed by atoms with Crippen LogP contribution in [0.4, 0.5) is 29.3 Å². The Morgan fingerprint density at radius 1 is 1.14 bits per heavy atom. The van der Waals surface area contributed by atoms with E-state index in [1.807, 2.05) is 38.1 Å². The quantitative estimate of drug-likeness (QED) is 0.717. The number of aryl methyl sites for hydroxylation is 1. The Balaban J connectivity index is 1.67. The van der Waals surface area contributed by atoms with Crippen molar-refractivity contribution in [2.75, 3.05) is 29.9 Å². The van der Waals surface area contributed by atoms with Gasteiger partial charge < -0.3 is 15.1 Å². The summed E-state index contributed by atoms with van der Waals surface area (Å²) in [5, 5.41) is 2.57. The summed E-state index contributed by atoms with van der Waals surface area (Å²) in [6.45, 7) is 5.58. The summed E-state index contributed by atoms with van der Waals surface area (Å²) in [6, 6.07) is 10.7. The minimum atomic E-state index is -4.50. The van der Waals surface area contributed by atoms with Crippen LogP contribution in [0.15, 0.2) is 42.5 Å². The molecule has 3 rings (SSSR count). The van der Waals surface area contributed by atoms with Gasteiger partial charge in [-0.1, -0.05) is 29.3 Å². The van der Waals surface area contributed by atoms with Gasteiger partial charge in [0.15, 0.2) is 0 Å². The smallest absolute Gasteiger partial charge is 0.365 e. The van der Waals surface area contributed by atoms with Gasteiger partial charge in [0.25, 0.3) is 0 Å². The normalized spacial score (nSPS) is 17.6. The summed E-state index contributed by atoms with van der Waals surface area (Å²) in [5.41, 5.74) is 1.35. The zero-order valence-corrected chi connectivity index (χ0v) is 16.3. The van der Waals surface area contributed by atoms with Crippen molar-refractivity contribution >= 4 is 29.0 Å². The highest BCUT2D eigenvalue weighted by atomic mass is 35.5. The Morgan fingerprint density at radius 2 is 1.82 bits per heavy atom. The second kappa shape index (κ2) is 7.91. The third-order valence-corrected chi connectivity index (χ3v) is 5.15. The maximum atomic E-state index is 12.9. The van der Waals surface area contributed by atoms with Gasteiger partial charge in [0, 0.05) is 31.4 Å². The molecule has 1 N–H and O–H groups in total. The van der Waals surface area contributed by atoms with Crippen LogP contribution in [0.3, 0.4) is 0 Å². The Kier molecular flexibility index (Phi) is 5.74. The fourth-order valence-electron chi connectivity index (χ4n) is 3.25. The Morgan fingerprint density at radius 3 is 2.43 bits per heavy atom. The maximum Gasteiger partial charge on any atom is 0.416 e. The molecule has 1 atom stereocenters. The minimum Gasteiger partial charge on any atom is -0.365 e. The number of hydrogen-bond acceptors (Lipinski definition) is 2. The number of carbonyl (C=O) groups is 1. The molecule has 1 unspecified atom stereocenters. The molecule has 28 heavy (non-hydrogen) atoms. The fourth-order valence-corrected chi connectivity index (χ4v) is 3.42. The van der Waals surface area contributed by atoms with E-state index >= 15 is 0 Å². The summed E-state index contributed by atoms with van der Waals surface area (Å²) >= 11 is 5.97. The number of nitrogens with one attached hydrogen (secondary N) is 1. The molecule has 0 spiro atoms. The molecule has 0 aliphatic carbocycles. The molecule has 2 aromatic carbocycles. The Bertz CT molecular complexity index is 855. The number of piperazine rings is 1. The van der Waals surface area contributed by atoms with Gasteiger partial charge in [-0.2, -0.15) is 13.2 Å². The van der Waals surface area contributed by atoms with Crippen molar-refractivity contribution in [1.29, 1.82) is 0 Å². The molecule has 4 nitrogen and oxygen atoms in total. The highest BCUT2D eigenvalue weighted by Gasteiger charge is 2.32. The molecule has 8 heteroatoms. The third kappa shape index (κ3) is 4.52. The molecule has 1 saturated heterocycles. The molecular weight excluding hydrogens is 391 g/mol. The number of amides is 2. The van der Waals surface area contributed by atoms with E-state index in [0.717, 1.165) is 23.9 Å². The summed E-state index contributed by atoms with van der Waals surface area (Å²) in [7, 11) is 0. The number of rotatable bonds is 2. The van der Waals surface area contributed by atoms with E-state index in [4.69, 9.17) is 11.6 Å². The molecule has 2 amide bonds. The van der Waals surface area contributed by atoms with E-state index in [0.29, 0.717) is 19.6 Å². The lowest BCUT2D eigenvalue weighted by Crippen LogP contribution is -2.54. The topological polar surface area (TPSA) is 35.6 Å². The SMILES string of the molecule is Cc1ccc(N2CCN(C(=O)Nc3cc(C(F)(F)F)ccc3Cl)CC2C)cc1. The van der Waals surface area contributed by atoms with Crippen LogP contribution < -0.4 is 10.2 Å². The van der Waals surface area contributed by atoms with E-state index in [2.05, 4.69) is 10.2 Å². The van der Waals surface area contributed by atoms with E-state index < -0.39 is 17.8 Å². The first-order valence-corrected chi connectivity index (χ1v) is 9.29. The van der Waals surface area contributed by atoms with Gasteiger partial charge in [0.2, 0.25) is 0 Å². The van der Waals surface area contributed by atoms with Crippen molar-refractivity contribution in [3.05, 3.63) is 58.6 Å². The number of hydrogen-bond donors (Lipinski definition) is 1. The molecule has 2 aromatic rings. The van der Waals surface area contributed by atoms with Crippen molar-refractivity contribution in [2.24, 2.45) is 0 Å². The lowest BCUT2D eigenvalue weighted by atomic mass is 10.1. The molecule has 1 aliphatic heterocycles. The van der Waals surface area contributed by atoms with E-state index in [1.165, 1.54) is 5.56 Å². The highest BCUT2D eigenvalue weighted by Crippen LogP contribution is 2.34. The zero-order chi connectivity index (χ0) is 20.5. The average Bonchev–Trinajstić information content (AvgIpc) is 2.63. The zero-order valence-electron chi connectivity index (χ0n) is 15.6. The van der Waals surface area contributed by atoms with Crippen molar-refractivity contribution in [2.45, 2.75) is 26.1 Å². The monoisotopic (exact) mass is 411 g/mol. The Labute approximate surface area is 166 Å². The predicted octanol–water partition coefficient (Wildman–Crippen LogP) is 5.41. The van der Waals surface area contributed by atoms with Gasteiger partial charge in [0.1, 0.15) is 0 Å². The molecule has 1 aliphatic rings. The van der Waals surface area contributed by atoms with Crippen LogP contribution in [0.2, 0.25) is 5.02 Å². The second-order valence-electron chi connectivity index (χ2n) is 6.95. The molecule has 150 valence electrons. The first kappa shape index (κ1) is 20.3. The van der Waals surface area contributed by atoms with Crippen LogP contribution in [0, 0.1) is 6.92 Å². The van der Waals surface area contributed by atoms with E-state index in [-0.39, 0.29) is 16.8 Å². The third-order valence-electron chi connectivity index (χ3n) is 4.82. The second-order valence-corrected chi connectivity index (χ2v) is 7.35. The molecule has 1 fully saturated rings. The van der Waals surface area contributed by atoms with Crippen LogP contribution >= 0.6 is 11.6 Å². The van der Waals surface area contributed by atoms with E-state index in [9.17, 15) is 18.0 Å². The first-order valence-electron chi connectivity index (χ1n) is 8.91. The molecule has 0 bridgehead atoms. The molecule has 0 aromatic heterocycles. The summed E-state index contributed by atoms with van der Waals surface area (Å²) in [6.07, 6.45) is -4.50. The van der Waals surface area contributed by atoms with E-state index in [1.54, 1.807) is 4.90 Å². The maximum absolute atomic E-state index is 12.9. The van der Waals surface area contributed by atoms with Crippen molar-refractivity contribution in [1.82, 2.24) is 4.90 Å². The summed E-state index contributed by atoms with van der Waals surface area (Å²) < 4.78 is 38.7. The number of benzene rings is 2. The Hall–Kier alpha value is -2.41. The largest absolute Gasteiger partial charge is 0.416 e. The molecular formula is C20H21ClF3N3O. The van der Waals surface area contributed by atoms with Crippen LogP contribution in [-0.2, 0) is 6.18 Å². The van der Waals surface area contributed by atoms with Gasteiger partial charge in [-0.05, 0) is 44.2 Å².